The van der Waals surface area contributed by atoms with Crippen molar-refractivity contribution < 1.29 is 14.7 Å². The third kappa shape index (κ3) is 8.94. The number of aliphatic hydroxyl groups is 1. The van der Waals surface area contributed by atoms with Crippen molar-refractivity contribution in [2.45, 2.75) is 19.1 Å². The van der Waals surface area contributed by atoms with Gasteiger partial charge < -0.3 is 15.3 Å². The normalized spacial score (nSPS) is 10.8. The summed E-state index contributed by atoms with van der Waals surface area (Å²) in [5.41, 5.74) is 2.00. The molecule has 2 aromatic carbocycles. The first kappa shape index (κ1) is 22.3. The minimum absolute atomic E-state index is 0.266. The highest BCUT2D eigenvalue weighted by Crippen LogP contribution is 2.09. The van der Waals surface area contributed by atoms with E-state index in [-0.39, 0.29) is 6.54 Å². The molecule has 144 valence electrons. The van der Waals surface area contributed by atoms with Crippen LogP contribution in [-0.2, 0) is 22.7 Å². The number of halogens is 1. The quantitative estimate of drug-likeness (QED) is 0.533. The van der Waals surface area contributed by atoms with Gasteiger partial charge >= 0.3 is 0 Å². The molecule has 0 aliphatic heterocycles. The van der Waals surface area contributed by atoms with Crippen molar-refractivity contribution in [3.63, 3.8) is 0 Å². The van der Waals surface area contributed by atoms with Crippen LogP contribution in [0.5, 0.6) is 0 Å². The Morgan fingerprint density at radius 1 is 1.19 bits per heavy atom. The Kier molecular flexibility index (Phi) is 10.4. The molecule has 0 radical (unpaired) electrons. The Balaban J connectivity index is 0.000000289. The van der Waals surface area contributed by atoms with Crippen molar-refractivity contribution in [1.29, 1.82) is 0 Å². The van der Waals surface area contributed by atoms with E-state index in [4.69, 9.17) is 16.7 Å². The molecule has 27 heavy (non-hydrogen) atoms. The van der Waals surface area contributed by atoms with Gasteiger partial charge in [0.25, 0.3) is 5.91 Å². The third-order valence-electron chi connectivity index (χ3n) is 3.44. The number of benzene rings is 2. The van der Waals surface area contributed by atoms with E-state index in [2.05, 4.69) is 10.5 Å². The van der Waals surface area contributed by atoms with E-state index in [0.717, 1.165) is 17.5 Å². The van der Waals surface area contributed by atoms with E-state index in [1.807, 2.05) is 30.3 Å². The lowest BCUT2D eigenvalue weighted by Crippen LogP contribution is -2.35. The van der Waals surface area contributed by atoms with Gasteiger partial charge in [0.1, 0.15) is 0 Å². The van der Waals surface area contributed by atoms with Crippen molar-refractivity contribution in [3.05, 3.63) is 75.7 Å². The predicted octanol–water partition coefficient (Wildman–Crippen LogP) is 2.36. The maximum Gasteiger partial charge on any atom is 0.251 e. The Morgan fingerprint density at radius 3 is 2.33 bits per heavy atom. The first-order valence-electron chi connectivity index (χ1n) is 8.15. The number of amides is 2. The standard InChI is InChI=1S/C10H11ClN2O3.C9H11NO/c11-8-3-1-7(2-4-8)5-12-10(15)9(6-14)13-16;1-10(8-11)7-9-5-3-2-4-6-9/h1-4,9,14H,5-6H2,(H,12,15);2-6,8H,7H2,1H3. The van der Waals surface area contributed by atoms with Crippen LogP contribution in [0, 0.1) is 4.91 Å². The van der Waals surface area contributed by atoms with Gasteiger partial charge in [0.15, 0.2) is 6.04 Å². The summed E-state index contributed by atoms with van der Waals surface area (Å²) in [4.78, 5) is 33.2. The second-order valence-electron chi connectivity index (χ2n) is 5.65. The molecule has 2 amide bonds. The van der Waals surface area contributed by atoms with E-state index in [0.29, 0.717) is 11.6 Å². The fraction of sp³-hybridized carbons (Fsp3) is 0.263. The summed E-state index contributed by atoms with van der Waals surface area (Å²) in [6.45, 7) is 0.363. The van der Waals surface area contributed by atoms with Gasteiger partial charge in [0.2, 0.25) is 6.41 Å². The first-order valence-corrected chi connectivity index (χ1v) is 8.53. The molecule has 7 nitrogen and oxygen atoms in total. The molecule has 2 aromatic rings. The maximum atomic E-state index is 11.3. The lowest BCUT2D eigenvalue weighted by atomic mass is 10.2. The summed E-state index contributed by atoms with van der Waals surface area (Å²) < 4.78 is 0. The molecule has 2 rings (SSSR count). The molecule has 0 aliphatic rings. The second kappa shape index (κ2) is 12.6. The summed E-state index contributed by atoms with van der Waals surface area (Å²) in [5.74, 6) is -0.590. The van der Waals surface area contributed by atoms with Gasteiger partial charge in [-0.1, -0.05) is 59.2 Å². The number of nitrogens with one attached hydrogen (secondary N) is 1. The molecule has 1 atom stereocenters. The van der Waals surface area contributed by atoms with E-state index >= 15 is 0 Å². The number of aliphatic hydroxyl groups excluding tert-OH is 1. The van der Waals surface area contributed by atoms with Crippen molar-refractivity contribution in [2.24, 2.45) is 5.18 Å². The van der Waals surface area contributed by atoms with E-state index < -0.39 is 18.6 Å². The third-order valence-corrected chi connectivity index (χ3v) is 3.69. The Bertz CT molecular complexity index is 711. The largest absolute Gasteiger partial charge is 0.393 e. The molecule has 0 aromatic heterocycles. The molecule has 8 heteroatoms. The molecule has 2 N–H and O–H groups in total. The molecule has 0 saturated carbocycles. The van der Waals surface area contributed by atoms with Gasteiger partial charge in [-0.05, 0) is 23.3 Å². The second-order valence-corrected chi connectivity index (χ2v) is 6.09. The summed E-state index contributed by atoms with van der Waals surface area (Å²) in [6.07, 6.45) is 0.826. The van der Waals surface area contributed by atoms with Gasteiger partial charge in [-0.15, -0.1) is 4.91 Å². The number of hydrogen-bond donors (Lipinski definition) is 2. The average molecular weight is 392 g/mol. The molecular weight excluding hydrogens is 370 g/mol. The first-order chi connectivity index (χ1) is 13.0. The van der Waals surface area contributed by atoms with Crippen molar-refractivity contribution in [1.82, 2.24) is 10.2 Å². The SMILES string of the molecule is CN(C=O)Cc1ccccc1.O=NC(CO)C(=O)NCc1ccc(Cl)cc1. The minimum atomic E-state index is -1.24. The van der Waals surface area contributed by atoms with Crippen LogP contribution < -0.4 is 5.32 Å². The smallest absolute Gasteiger partial charge is 0.251 e. The molecule has 0 fully saturated rings. The highest BCUT2D eigenvalue weighted by molar-refractivity contribution is 6.30. The summed E-state index contributed by atoms with van der Waals surface area (Å²) >= 11 is 5.69. The van der Waals surface area contributed by atoms with Gasteiger partial charge in [0, 0.05) is 25.2 Å². The average Bonchev–Trinajstić information content (AvgIpc) is 2.69. The lowest BCUT2D eigenvalue weighted by Gasteiger charge is -2.09. The Morgan fingerprint density at radius 2 is 1.81 bits per heavy atom. The summed E-state index contributed by atoms with van der Waals surface area (Å²) in [7, 11) is 1.76. The highest BCUT2D eigenvalue weighted by Gasteiger charge is 2.16. The van der Waals surface area contributed by atoms with Crippen LogP contribution >= 0.6 is 11.6 Å². The summed E-state index contributed by atoms with van der Waals surface area (Å²) in [5, 5.41) is 14.3. The molecule has 0 heterocycles. The Labute approximate surface area is 162 Å². The van der Waals surface area contributed by atoms with Gasteiger partial charge in [-0.2, -0.15) is 0 Å². The molecule has 0 aliphatic carbocycles. The molecular formula is C19H22ClN3O4. The lowest BCUT2D eigenvalue weighted by molar-refractivity contribution is -0.123. The fourth-order valence-corrected chi connectivity index (χ4v) is 2.11. The molecule has 0 spiro atoms. The number of carbonyl (C=O) groups excluding carboxylic acids is 2. The van der Waals surface area contributed by atoms with Crippen LogP contribution in [-0.4, -0.2) is 42.0 Å². The minimum Gasteiger partial charge on any atom is -0.393 e. The zero-order valence-corrected chi connectivity index (χ0v) is 15.7. The van der Waals surface area contributed by atoms with Crippen LogP contribution in [0.25, 0.3) is 0 Å². The highest BCUT2D eigenvalue weighted by atomic mass is 35.5. The van der Waals surface area contributed by atoms with E-state index in [9.17, 15) is 14.5 Å². The van der Waals surface area contributed by atoms with Crippen LogP contribution in [0.15, 0.2) is 59.8 Å². The van der Waals surface area contributed by atoms with Crippen LogP contribution in [0.1, 0.15) is 11.1 Å². The summed E-state index contributed by atoms with van der Waals surface area (Å²) in [6, 6.07) is 15.6. The number of nitrogens with zero attached hydrogens (tertiary/aromatic N) is 2. The topological polar surface area (TPSA) is 99.1 Å². The van der Waals surface area contributed by atoms with Gasteiger partial charge in [0.05, 0.1) is 6.61 Å². The maximum absolute atomic E-state index is 11.3. The van der Waals surface area contributed by atoms with Gasteiger partial charge in [-0.25, -0.2) is 0 Å². The molecule has 0 bridgehead atoms. The van der Waals surface area contributed by atoms with E-state index in [1.54, 1.807) is 36.2 Å². The van der Waals surface area contributed by atoms with E-state index in [1.165, 1.54) is 0 Å². The number of nitroso groups, excluding NO2 is 1. The predicted molar refractivity (Wildman–Crippen MR) is 104 cm³/mol. The molecule has 0 saturated heterocycles. The number of carbonyl (C=O) groups is 2. The Hall–Kier alpha value is -2.77. The van der Waals surface area contributed by atoms with Crippen LogP contribution in [0.2, 0.25) is 5.02 Å². The van der Waals surface area contributed by atoms with Crippen molar-refractivity contribution >= 4 is 23.9 Å². The number of rotatable bonds is 8. The zero-order chi connectivity index (χ0) is 20.1. The van der Waals surface area contributed by atoms with Crippen LogP contribution in [0.4, 0.5) is 0 Å². The van der Waals surface area contributed by atoms with Crippen molar-refractivity contribution in [2.75, 3.05) is 13.7 Å². The number of hydrogen-bond acceptors (Lipinski definition) is 5. The van der Waals surface area contributed by atoms with Gasteiger partial charge in [-0.3, -0.25) is 9.59 Å². The van der Waals surface area contributed by atoms with Crippen molar-refractivity contribution in [3.8, 4) is 0 Å². The zero-order valence-electron chi connectivity index (χ0n) is 14.9. The fourth-order valence-electron chi connectivity index (χ4n) is 1.98. The van der Waals surface area contributed by atoms with Crippen LogP contribution in [0.3, 0.4) is 0 Å². The monoisotopic (exact) mass is 391 g/mol. The molecule has 1 unspecified atom stereocenters.